The molecule has 3 atom stereocenters. The Labute approximate surface area is 368 Å². The van der Waals surface area contributed by atoms with Crippen LogP contribution in [0.1, 0.15) is 57.9 Å². The van der Waals surface area contributed by atoms with E-state index in [1.807, 2.05) is 60.1 Å². The average molecular weight is 860 g/mol. The summed E-state index contributed by atoms with van der Waals surface area (Å²) in [6, 6.07) is 40.3. The van der Waals surface area contributed by atoms with Crippen LogP contribution in [-0.4, -0.2) is 55.5 Å². The van der Waals surface area contributed by atoms with E-state index in [0.717, 1.165) is 46.3 Å². The maximum atomic E-state index is 13.7. The second kappa shape index (κ2) is 20.0. The number of methoxy groups -OCH3 is 1. The molecular weight excluding hydrogens is 815 g/mol. The minimum Gasteiger partial charge on any atom is -0.493 e. The molecule has 8 rings (SSSR count). The fourth-order valence-corrected chi connectivity index (χ4v) is 8.34. The summed E-state index contributed by atoms with van der Waals surface area (Å²) in [5, 5.41) is 11.3. The number of carbonyl (C=O) groups excluding carboxylic acids is 3. The van der Waals surface area contributed by atoms with Gasteiger partial charge in [0.1, 0.15) is 11.9 Å². The lowest BCUT2D eigenvalue weighted by molar-refractivity contribution is -0.137. The Morgan fingerprint density at radius 1 is 0.794 bits per heavy atom. The molecule has 1 aliphatic carbocycles. The lowest BCUT2D eigenvalue weighted by Gasteiger charge is -2.34. The Balaban J connectivity index is 0.906. The molecule has 0 spiro atoms. The Morgan fingerprint density at radius 3 is 2.38 bits per heavy atom. The molecular formula is C51H45N3O8S. The van der Waals surface area contributed by atoms with Gasteiger partial charge in [-0.05, 0) is 101 Å². The van der Waals surface area contributed by atoms with Gasteiger partial charge in [-0.15, -0.1) is 11.3 Å². The number of fused-ring (bicyclic) bond motifs is 2. The largest absolute Gasteiger partial charge is 0.493 e. The van der Waals surface area contributed by atoms with Crippen LogP contribution in [0.15, 0.2) is 151 Å². The number of hydrogen-bond acceptors (Lipinski definition) is 12. The van der Waals surface area contributed by atoms with Crippen LogP contribution in [0.3, 0.4) is 0 Å². The van der Waals surface area contributed by atoms with Crippen molar-refractivity contribution in [3.05, 3.63) is 162 Å². The number of rotatable bonds is 16. The maximum Gasteiger partial charge on any atom is 0.343 e. The number of nitrogens with zero attached hydrogens (tertiary/aromatic N) is 2. The number of anilines is 1. The molecule has 0 aliphatic heterocycles. The molecule has 12 heteroatoms. The molecule has 1 aliphatic rings. The van der Waals surface area contributed by atoms with E-state index in [4.69, 9.17) is 28.7 Å². The zero-order valence-corrected chi connectivity index (χ0v) is 35.4. The minimum atomic E-state index is -0.589. The van der Waals surface area contributed by atoms with Gasteiger partial charge in [-0.25, -0.2) is 19.4 Å². The van der Waals surface area contributed by atoms with Gasteiger partial charge in [0, 0.05) is 35.6 Å². The quantitative estimate of drug-likeness (QED) is 0.0250. The third-order valence-electron chi connectivity index (χ3n) is 11.0. The van der Waals surface area contributed by atoms with Gasteiger partial charge in [0.15, 0.2) is 11.5 Å². The summed E-state index contributed by atoms with van der Waals surface area (Å²) in [4.78, 5) is 43.1. The molecule has 0 amide bonds. The normalized spacial score (nSPS) is 16.0. The summed E-state index contributed by atoms with van der Waals surface area (Å²) in [6.07, 6.45) is 5.29. The van der Waals surface area contributed by atoms with Gasteiger partial charge in [-0.1, -0.05) is 85.4 Å². The number of benzene rings is 6. The van der Waals surface area contributed by atoms with E-state index in [-0.39, 0.29) is 35.5 Å². The predicted octanol–water partition coefficient (Wildman–Crippen LogP) is 11.0. The Morgan fingerprint density at radius 2 is 1.54 bits per heavy atom. The predicted molar refractivity (Wildman–Crippen MR) is 246 cm³/mol. The van der Waals surface area contributed by atoms with E-state index in [1.165, 1.54) is 41.5 Å². The van der Waals surface area contributed by atoms with Crippen molar-refractivity contribution in [3.8, 4) is 28.5 Å². The van der Waals surface area contributed by atoms with Gasteiger partial charge in [0.2, 0.25) is 5.13 Å². The molecule has 1 N–H and O–H groups in total. The molecule has 1 fully saturated rings. The molecule has 3 unspecified atom stereocenters. The fourth-order valence-electron chi connectivity index (χ4n) is 7.67. The second-order valence-electron chi connectivity index (χ2n) is 15.1. The Kier molecular flexibility index (Phi) is 13.5. The standard InChI is InChI=1S/C51H45N3O8S/c1-3-48(55)60-25-9-24-59-43-21-18-37-27-40(17-15-38(37)29-43)49(56)62-46-23-20-41(30-47(46)58-2)50(57)61-45-22-19-36(33-10-5-4-6-11-33)28-42(45)31-52-54-51-53-44(32-63-51)39-16-14-34-12-7-8-13-35(34)26-39/h3-8,10-18,20-21,23,26-27,29-32,36,42,45H,1,9,19,22,24-25,28H2,2H3,(H,53,54)/b52-31+. The lowest BCUT2D eigenvalue weighted by atomic mass is 9.76. The van der Waals surface area contributed by atoms with Crippen molar-refractivity contribution in [3.63, 3.8) is 0 Å². The first-order chi connectivity index (χ1) is 30.8. The second-order valence-corrected chi connectivity index (χ2v) is 15.9. The molecule has 0 saturated heterocycles. The summed E-state index contributed by atoms with van der Waals surface area (Å²) in [5.41, 5.74) is 6.84. The molecule has 0 bridgehead atoms. The van der Waals surface area contributed by atoms with E-state index in [2.05, 4.69) is 59.6 Å². The number of carbonyl (C=O) groups is 3. The fraction of sp³-hybridized carbons (Fsp3) is 0.196. The van der Waals surface area contributed by atoms with Crippen molar-refractivity contribution in [1.29, 1.82) is 0 Å². The molecule has 1 aromatic heterocycles. The van der Waals surface area contributed by atoms with Gasteiger partial charge in [-0.2, -0.15) is 5.10 Å². The van der Waals surface area contributed by atoms with Crippen LogP contribution in [0.25, 0.3) is 32.8 Å². The van der Waals surface area contributed by atoms with Crippen LogP contribution in [0.4, 0.5) is 5.13 Å². The lowest BCUT2D eigenvalue weighted by Crippen LogP contribution is -2.34. The van der Waals surface area contributed by atoms with Crippen molar-refractivity contribution >= 4 is 62.1 Å². The molecule has 7 aromatic rings. The Hall–Kier alpha value is -7.31. The number of nitrogens with one attached hydrogen (secondary N) is 1. The first kappa shape index (κ1) is 42.4. The van der Waals surface area contributed by atoms with E-state index in [9.17, 15) is 14.4 Å². The van der Waals surface area contributed by atoms with Gasteiger partial charge in [-0.3, -0.25) is 5.43 Å². The number of thiazole rings is 1. The number of hydrazone groups is 1. The zero-order chi connectivity index (χ0) is 43.5. The number of aromatic nitrogens is 1. The van der Waals surface area contributed by atoms with Gasteiger partial charge in [0.25, 0.3) is 0 Å². The third-order valence-corrected chi connectivity index (χ3v) is 11.7. The van der Waals surface area contributed by atoms with E-state index < -0.39 is 24.0 Å². The summed E-state index contributed by atoms with van der Waals surface area (Å²) in [5.74, 6) is -0.460. The molecule has 318 valence electrons. The highest BCUT2D eigenvalue weighted by atomic mass is 32.1. The van der Waals surface area contributed by atoms with Gasteiger partial charge >= 0.3 is 17.9 Å². The molecule has 0 radical (unpaired) electrons. The third kappa shape index (κ3) is 10.6. The van der Waals surface area contributed by atoms with Gasteiger partial charge in [0.05, 0.1) is 37.1 Å². The maximum absolute atomic E-state index is 13.7. The summed E-state index contributed by atoms with van der Waals surface area (Å²) in [6.45, 7) is 3.98. The first-order valence-electron chi connectivity index (χ1n) is 20.7. The van der Waals surface area contributed by atoms with E-state index >= 15 is 0 Å². The number of hydrogen-bond donors (Lipinski definition) is 1. The van der Waals surface area contributed by atoms with E-state index in [1.54, 1.807) is 24.3 Å². The van der Waals surface area contributed by atoms with Crippen LogP contribution >= 0.6 is 11.3 Å². The number of esters is 3. The van der Waals surface area contributed by atoms with Crippen LogP contribution in [-0.2, 0) is 14.3 Å². The van der Waals surface area contributed by atoms with Gasteiger partial charge < -0.3 is 23.7 Å². The van der Waals surface area contributed by atoms with Crippen LogP contribution in [0.5, 0.6) is 17.2 Å². The highest BCUT2D eigenvalue weighted by Crippen LogP contribution is 2.38. The first-order valence-corrected chi connectivity index (χ1v) is 21.6. The summed E-state index contributed by atoms with van der Waals surface area (Å²) >= 11 is 1.47. The molecule has 63 heavy (non-hydrogen) atoms. The van der Waals surface area contributed by atoms with Crippen molar-refractivity contribution < 1.29 is 38.1 Å². The minimum absolute atomic E-state index is 0.159. The zero-order valence-electron chi connectivity index (χ0n) is 34.6. The Bertz CT molecular complexity index is 2790. The van der Waals surface area contributed by atoms with Crippen LogP contribution < -0.4 is 19.6 Å². The summed E-state index contributed by atoms with van der Waals surface area (Å²) < 4.78 is 28.3. The van der Waals surface area contributed by atoms with Crippen molar-refractivity contribution in [2.75, 3.05) is 25.7 Å². The van der Waals surface area contributed by atoms with Crippen molar-refractivity contribution in [2.45, 2.75) is 37.7 Å². The molecule has 1 heterocycles. The van der Waals surface area contributed by atoms with Crippen LogP contribution in [0.2, 0.25) is 0 Å². The number of ether oxygens (including phenoxy) is 5. The van der Waals surface area contributed by atoms with Crippen molar-refractivity contribution in [2.24, 2.45) is 11.0 Å². The van der Waals surface area contributed by atoms with E-state index in [0.29, 0.717) is 35.9 Å². The highest BCUT2D eigenvalue weighted by molar-refractivity contribution is 7.14. The van der Waals surface area contributed by atoms with Crippen molar-refractivity contribution in [1.82, 2.24) is 4.98 Å². The van der Waals surface area contributed by atoms with Crippen LogP contribution in [0, 0.1) is 5.92 Å². The SMILES string of the molecule is C=CC(=O)OCCCOc1ccc2cc(C(=O)Oc3ccc(C(=O)OC4CCC(c5ccccc5)CC4/C=N/Nc4nc(-c5ccc6ccccc6c5)cs4)cc3OC)ccc2c1. The molecule has 6 aromatic carbocycles. The molecule has 1 saturated carbocycles. The topological polar surface area (TPSA) is 135 Å². The smallest absolute Gasteiger partial charge is 0.343 e. The summed E-state index contributed by atoms with van der Waals surface area (Å²) in [7, 11) is 1.45. The molecule has 11 nitrogen and oxygen atoms in total. The average Bonchev–Trinajstić information content (AvgIpc) is 3.80. The highest BCUT2D eigenvalue weighted by Gasteiger charge is 2.33. The monoisotopic (exact) mass is 859 g/mol.